The van der Waals surface area contributed by atoms with Crippen molar-refractivity contribution in [3.63, 3.8) is 0 Å². The summed E-state index contributed by atoms with van der Waals surface area (Å²) in [6.07, 6.45) is 7.14. The fourth-order valence-electron chi connectivity index (χ4n) is 1.67. The number of amidine groups is 1. The fourth-order valence-corrected chi connectivity index (χ4v) is 1.67. The van der Waals surface area contributed by atoms with Crippen LogP contribution in [0.15, 0.2) is 17.1 Å². The molecule has 2 atom stereocenters. The van der Waals surface area contributed by atoms with Gasteiger partial charge in [-0.15, -0.1) is 0 Å². The number of aliphatic imine (C=N–C) groups is 1. The molecule has 2 unspecified atom stereocenters. The normalized spacial score (nSPS) is 16.5. The zero-order valence-electron chi connectivity index (χ0n) is 11.8. The third kappa shape index (κ3) is 5.94. The van der Waals surface area contributed by atoms with Crippen molar-refractivity contribution >= 4 is 5.84 Å². The SMILES string of the molecule is CCCC(C)/C=C\C(C)N(C)/C(C)=N/CC. The molecule has 2 heteroatoms. The molecule has 0 rings (SSSR count). The Morgan fingerprint density at radius 2 is 1.88 bits per heavy atom. The molecule has 0 fully saturated rings. The van der Waals surface area contributed by atoms with E-state index >= 15 is 0 Å². The minimum Gasteiger partial charge on any atom is -0.358 e. The molecule has 0 bridgehead atoms. The third-order valence-electron chi connectivity index (χ3n) is 2.97. The fraction of sp³-hybridized carbons (Fsp3) is 0.786. The van der Waals surface area contributed by atoms with Crippen molar-refractivity contribution in [1.82, 2.24) is 4.90 Å². The van der Waals surface area contributed by atoms with Gasteiger partial charge in [0.1, 0.15) is 0 Å². The minimum absolute atomic E-state index is 0.426. The molecule has 0 aromatic rings. The maximum absolute atomic E-state index is 4.42. The molecule has 0 amide bonds. The van der Waals surface area contributed by atoms with Gasteiger partial charge in [-0.25, -0.2) is 0 Å². The highest BCUT2D eigenvalue weighted by Gasteiger charge is 2.06. The number of likely N-dealkylation sites (N-methyl/N-ethyl adjacent to an activating group) is 1. The van der Waals surface area contributed by atoms with Gasteiger partial charge in [0.2, 0.25) is 0 Å². The summed E-state index contributed by atoms with van der Waals surface area (Å²) in [5, 5.41) is 0. The third-order valence-corrected chi connectivity index (χ3v) is 2.97. The first-order valence-corrected chi connectivity index (χ1v) is 6.45. The van der Waals surface area contributed by atoms with Gasteiger partial charge in [-0.2, -0.15) is 0 Å². The van der Waals surface area contributed by atoms with Gasteiger partial charge in [0.15, 0.2) is 0 Å². The number of hydrogen-bond acceptors (Lipinski definition) is 1. The number of hydrogen-bond donors (Lipinski definition) is 0. The Morgan fingerprint density at radius 3 is 2.38 bits per heavy atom. The summed E-state index contributed by atoms with van der Waals surface area (Å²) in [6.45, 7) is 11.7. The van der Waals surface area contributed by atoms with E-state index in [2.05, 4.69) is 63.7 Å². The van der Waals surface area contributed by atoms with Crippen LogP contribution in [0.1, 0.15) is 47.5 Å². The molecule has 0 aromatic heterocycles. The van der Waals surface area contributed by atoms with Crippen LogP contribution in [0.25, 0.3) is 0 Å². The van der Waals surface area contributed by atoms with E-state index < -0.39 is 0 Å². The topological polar surface area (TPSA) is 15.6 Å². The molecule has 2 nitrogen and oxygen atoms in total. The molecule has 0 aliphatic rings. The highest BCUT2D eigenvalue weighted by molar-refractivity contribution is 5.79. The van der Waals surface area contributed by atoms with E-state index in [1.807, 2.05) is 0 Å². The first kappa shape index (κ1) is 15.2. The second-order valence-electron chi connectivity index (χ2n) is 4.52. The van der Waals surface area contributed by atoms with Crippen molar-refractivity contribution in [2.45, 2.75) is 53.5 Å². The lowest BCUT2D eigenvalue weighted by atomic mass is 10.0. The summed E-state index contributed by atoms with van der Waals surface area (Å²) in [5.41, 5.74) is 0. The van der Waals surface area contributed by atoms with E-state index in [9.17, 15) is 0 Å². The smallest absolute Gasteiger partial charge is 0.0959 e. The van der Waals surface area contributed by atoms with E-state index in [0.29, 0.717) is 12.0 Å². The summed E-state index contributed by atoms with van der Waals surface area (Å²) in [5.74, 6) is 1.80. The predicted molar refractivity (Wildman–Crippen MR) is 74.1 cm³/mol. The maximum Gasteiger partial charge on any atom is 0.0959 e. The average Bonchev–Trinajstić information content (AvgIpc) is 2.25. The van der Waals surface area contributed by atoms with E-state index in [1.54, 1.807) is 0 Å². The van der Waals surface area contributed by atoms with Gasteiger partial charge in [-0.05, 0) is 33.1 Å². The van der Waals surface area contributed by atoms with Crippen LogP contribution in [0.2, 0.25) is 0 Å². The van der Waals surface area contributed by atoms with E-state index in [1.165, 1.54) is 12.8 Å². The molecule has 0 saturated carbocycles. The summed E-state index contributed by atoms with van der Waals surface area (Å²) in [7, 11) is 2.11. The molecule has 0 aliphatic heterocycles. The summed E-state index contributed by atoms with van der Waals surface area (Å²) >= 11 is 0. The van der Waals surface area contributed by atoms with Gasteiger partial charge >= 0.3 is 0 Å². The number of allylic oxidation sites excluding steroid dienone is 1. The van der Waals surface area contributed by atoms with Crippen molar-refractivity contribution < 1.29 is 0 Å². The van der Waals surface area contributed by atoms with Crippen LogP contribution >= 0.6 is 0 Å². The Labute approximate surface area is 101 Å². The van der Waals surface area contributed by atoms with Gasteiger partial charge < -0.3 is 4.90 Å². The van der Waals surface area contributed by atoms with Crippen molar-refractivity contribution in [2.75, 3.05) is 13.6 Å². The monoisotopic (exact) mass is 224 g/mol. The predicted octanol–water partition coefficient (Wildman–Crippen LogP) is 3.74. The zero-order chi connectivity index (χ0) is 12.6. The molecule has 0 radical (unpaired) electrons. The average molecular weight is 224 g/mol. The van der Waals surface area contributed by atoms with Crippen molar-refractivity contribution in [2.24, 2.45) is 10.9 Å². The molecule has 0 aliphatic carbocycles. The lowest BCUT2D eigenvalue weighted by molar-refractivity contribution is 0.445. The van der Waals surface area contributed by atoms with Gasteiger partial charge in [0.05, 0.1) is 5.84 Å². The molecule has 16 heavy (non-hydrogen) atoms. The highest BCUT2D eigenvalue weighted by atomic mass is 15.2. The van der Waals surface area contributed by atoms with Crippen LogP contribution in [0, 0.1) is 5.92 Å². The van der Waals surface area contributed by atoms with Crippen LogP contribution in [0.5, 0.6) is 0 Å². The Morgan fingerprint density at radius 1 is 1.25 bits per heavy atom. The van der Waals surface area contributed by atoms with Crippen LogP contribution in [0.4, 0.5) is 0 Å². The molecule has 0 saturated heterocycles. The molecule has 0 N–H and O–H groups in total. The first-order valence-electron chi connectivity index (χ1n) is 6.45. The van der Waals surface area contributed by atoms with E-state index in [4.69, 9.17) is 0 Å². The lowest BCUT2D eigenvalue weighted by Gasteiger charge is -2.24. The molecular weight excluding hydrogens is 196 g/mol. The van der Waals surface area contributed by atoms with Crippen LogP contribution < -0.4 is 0 Å². The van der Waals surface area contributed by atoms with Gasteiger partial charge in [0, 0.05) is 19.6 Å². The molecule has 94 valence electrons. The molecule has 0 aromatic carbocycles. The van der Waals surface area contributed by atoms with Crippen molar-refractivity contribution in [1.29, 1.82) is 0 Å². The highest BCUT2D eigenvalue weighted by Crippen LogP contribution is 2.08. The first-order chi connectivity index (χ1) is 7.52. The zero-order valence-corrected chi connectivity index (χ0v) is 11.8. The Balaban J connectivity index is 4.23. The van der Waals surface area contributed by atoms with E-state index in [-0.39, 0.29) is 0 Å². The number of nitrogens with zero attached hydrogens (tertiary/aromatic N) is 2. The standard InChI is InChI=1S/C14H28N2/c1-7-9-12(3)10-11-13(4)16(6)14(5)15-8-2/h10-13H,7-9H2,1-6H3/b11-10-,15-14+. The summed E-state index contributed by atoms with van der Waals surface area (Å²) in [6, 6.07) is 0.426. The maximum atomic E-state index is 4.42. The van der Waals surface area contributed by atoms with Gasteiger partial charge in [-0.3, -0.25) is 4.99 Å². The van der Waals surface area contributed by atoms with Crippen molar-refractivity contribution in [3.05, 3.63) is 12.2 Å². The quantitative estimate of drug-likeness (QED) is 0.381. The molecule has 0 spiro atoms. The summed E-state index contributed by atoms with van der Waals surface area (Å²) < 4.78 is 0. The van der Waals surface area contributed by atoms with Crippen LogP contribution in [-0.4, -0.2) is 30.4 Å². The summed E-state index contributed by atoms with van der Waals surface area (Å²) in [4.78, 5) is 6.64. The molecule has 0 heterocycles. The lowest BCUT2D eigenvalue weighted by Crippen LogP contribution is -2.32. The van der Waals surface area contributed by atoms with Gasteiger partial charge in [0.25, 0.3) is 0 Å². The van der Waals surface area contributed by atoms with E-state index in [0.717, 1.165) is 12.4 Å². The number of rotatable bonds is 6. The van der Waals surface area contributed by atoms with Crippen molar-refractivity contribution in [3.8, 4) is 0 Å². The Bertz CT molecular complexity index is 231. The Kier molecular flexibility index (Phi) is 7.96. The second-order valence-corrected chi connectivity index (χ2v) is 4.52. The second kappa shape index (κ2) is 8.37. The van der Waals surface area contributed by atoms with Gasteiger partial charge in [-0.1, -0.05) is 32.4 Å². The molecular formula is C14H28N2. The van der Waals surface area contributed by atoms with Crippen LogP contribution in [-0.2, 0) is 0 Å². The largest absolute Gasteiger partial charge is 0.358 e. The Hall–Kier alpha value is -0.790. The minimum atomic E-state index is 0.426. The van der Waals surface area contributed by atoms with Crippen LogP contribution in [0.3, 0.4) is 0 Å².